The summed E-state index contributed by atoms with van der Waals surface area (Å²) in [6.07, 6.45) is 0.755. The number of carboxylic acids is 1. The summed E-state index contributed by atoms with van der Waals surface area (Å²) in [5, 5.41) is 8.65. The lowest BCUT2D eigenvalue weighted by molar-refractivity contribution is -0.132. The molecule has 0 atom stereocenters. The van der Waals surface area contributed by atoms with Gasteiger partial charge in [0.25, 0.3) is 0 Å². The van der Waals surface area contributed by atoms with E-state index in [0.717, 1.165) is 12.1 Å². The molecule has 0 fully saturated rings. The predicted octanol–water partition coefficient (Wildman–Crippen LogP) is 3.73. The highest BCUT2D eigenvalue weighted by atomic mass is 35.5. The fourth-order valence-corrected chi connectivity index (χ4v) is 1.57. The van der Waals surface area contributed by atoms with Crippen LogP contribution in [0.1, 0.15) is 25.8 Å². The van der Waals surface area contributed by atoms with Gasteiger partial charge >= 0.3 is 5.97 Å². The van der Waals surface area contributed by atoms with Gasteiger partial charge in [-0.15, -0.1) is 12.4 Å². The molecule has 0 aromatic heterocycles. The highest BCUT2D eigenvalue weighted by Gasteiger charge is 2.08. The van der Waals surface area contributed by atoms with Crippen molar-refractivity contribution in [2.45, 2.75) is 27.2 Å². The summed E-state index contributed by atoms with van der Waals surface area (Å²) in [6.45, 7) is 5.66. The maximum absolute atomic E-state index is 10.5. The van der Waals surface area contributed by atoms with Crippen molar-refractivity contribution in [1.29, 1.82) is 0 Å². The van der Waals surface area contributed by atoms with E-state index in [2.05, 4.69) is 19.1 Å². The van der Waals surface area contributed by atoms with E-state index >= 15 is 0 Å². The predicted molar refractivity (Wildman–Crippen MR) is 82.7 cm³/mol. The van der Waals surface area contributed by atoms with Crippen molar-refractivity contribution >= 4 is 18.4 Å². The van der Waals surface area contributed by atoms with Crippen LogP contribution in [0.4, 0.5) is 0 Å². The number of hydrogen-bond donors (Lipinski definition) is 1. The van der Waals surface area contributed by atoms with E-state index < -0.39 is 5.97 Å². The fourth-order valence-electron chi connectivity index (χ4n) is 1.57. The van der Waals surface area contributed by atoms with Gasteiger partial charge in [-0.25, -0.2) is 4.79 Å². The summed E-state index contributed by atoms with van der Waals surface area (Å²) >= 11 is 0. The van der Waals surface area contributed by atoms with Gasteiger partial charge in [0.05, 0.1) is 5.57 Å². The smallest absolute Gasteiger partial charge is 0.333 e. The van der Waals surface area contributed by atoms with Crippen LogP contribution < -0.4 is 0 Å². The maximum Gasteiger partial charge on any atom is 0.333 e. The zero-order valence-electron chi connectivity index (χ0n) is 12.3. The van der Waals surface area contributed by atoms with Crippen LogP contribution in [0.5, 0.6) is 0 Å². The zero-order valence-corrected chi connectivity index (χ0v) is 13.1. The first-order valence-electron chi connectivity index (χ1n) is 6.02. The minimum atomic E-state index is -0.837. The summed E-state index contributed by atoms with van der Waals surface area (Å²) in [5.41, 5.74) is 2.62. The Kier molecular flexibility index (Phi) is 10.9. The van der Waals surface area contributed by atoms with E-state index in [-0.39, 0.29) is 12.4 Å². The highest BCUT2D eigenvalue weighted by Crippen LogP contribution is 2.10. The number of allylic oxidation sites excluding steroid dienone is 1. The third-order valence-corrected chi connectivity index (χ3v) is 2.57. The Balaban J connectivity index is 0. The van der Waals surface area contributed by atoms with Gasteiger partial charge in [0.2, 0.25) is 0 Å². The van der Waals surface area contributed by atoms with Crippen molar-refractivity contribution in [3.8, 4) is 0 Å². The van der Waals surface area contributed by atoms with Crippen molar-refractivity contribution in [3.63, 3.8) is 0 Å². The van der Waals surface area contributed by atoms with Crippen molar-refractivity contribution in [2.24, 2.45) is 0 Å². The van der Waals surface area contributed by atoms with Gasteiger partial charge in [-0.3, -0.25) is 0 Å². The average Bonchev–Trinajstić information content (AvgIpc) is 2.31. The zero-order chi connectivity index (χ0) is 14.1. The van der Waals surface area contributed by atoms with Crippen LogP contribution in [-0.2, 0) is 4.79 Å². The van der Waals surface area contributed by atoms with Crippen LogP contribution >= 0.6 is 12.4 Å². The van der Waals surface area contributed by atoms with Gasteiger partial charge in [0.1, 0.15) is 0 Å². The molecule has 0 unspecified atom stereocenters. The van der Waals surface area contributed by atoms with E-state index in [1.165, 1.54) is 5.56 Å². The lowest BCUT2D eigenvalue weighted by Crippen LogP contribution is -2.15. The summed E-state index contributed by atoms with van der Waals surface area (Å²) in [7, 11) is 3.70. The number of aliphatic carboxylic acids is 1. The van der Waals surface area contributed by atoms with Crippen molar-refractivity contribution in [3.05, 3.63) is 47.2 Å². The molecule has 3 nitrogen and oxygen atoms in total. The van der Waals surface area contributed by atoms with Gasteiger partial charge in [0, 0.05) is 19.8 Å². The van der Waals surface area contributed by atoms with E-state index in [9.17, 15) is 4.79 Å². The van der Waals surface area contributed by atoms with Gasteiger partial charge in [0.15, 0.2) is 0 Å². The van der Waals surface area contributed by atoms with Crippen LogP contribution in [0.2, 0.25) is 0 Å². The van der Waals surface area contributed by atoms with Gasteiger partial charge < -0.3 is 10.0 Å². The molecule has 0 amide bonds. The summed E-state index contributed by atoms with van der Waals surface area (Å²) < 4.78 is 0. The third-order valence-electron chi connectivity index (χ3n) is 2.57. The molecule has 19 heavy (non-hydrogen) atoms. The number of nitrogens with zero attached hydrogens (tertiary/aromatic N) is 1. The Labute approximate surface area is 122 Å². The molecule has 0 spiro atoms. The van der Waals surface area contributed by atoms with Crippen LogP contribution in [-0.4, -0.2) is 30.1 Å². The minimum absolute atomic E-state index is 0. The number of aryl methyl sites for hydroxylation is 1. The fraction of sp³-hybridized carbons (Fsp3) is 0.400. The number of carboxylic acid groups (broad SMARTS) is 1. The number of benzene rings is 1. The minimum Gasteiger partial charge on any atom is -0.478 e. The molecule has 0 bridgehead atoms. The third kappa shape index (κ3) is 8.27. The van der Waals surface area contributed by atoms with Crippen LogP contribution in [0, 0.1) is 6.92 Å². The van der Waals surface area contributed by atoms with Crippen molar-refractivity contribution in [1.82, 2.24) is 4.90 Å². The number of rotatable bonds is 3. The first-order valence-corrected chi connectivity index (χ1v) is 6.02. The van der Waals surface area contributed by atoms with E-state index in [4.69, 9.17) is 5.11 Å². The Hall–Kier alpha value is -1.48. The summed E-state index contributed by atoms with van der Waals surface area (Å²) in [5.74, 6) is -0.837. The van der Waals surface area contributed by atoms with Crippen LogP contribution in [0.25, 0.3) is 0 Å². The average molecular weight is 286 g/mol. The van der Waals surface area contributed by atoms with E-state index in [1.54, 1.807) is 6.92 Å². The van der Waals surface area contributed by atoms with Crippen molar-refractivity contribution < 1.29 is 9.90 Å². The molecule has 4 heteroatoms. The Morgan fingerprint density at radius 3 is 1.84 bits per heavy atom. The molecule has 1 aromatic carbocycles. The molecule has 0 heterocycles. The SMILES string of the molecule is CCC(=C(C)C(=O)O)N(C)C.Cc1ccccc1.Cl. The molecule has 1 N–H and O–H groups in total. The first-order chi connectivity index (χ1) is 8.40. The molecule has 0 aliphatic carbocycles. The Bertz CT molecular complexity index is 400. The van der Waals surface area contributed by atoms with Crippen molar-refractivity contribution in [2.75, 3.05) is 14.1 Å². The first kappa shape index (κ1) is 19.9. The second kappa shape index (κ2) is 10.4. The van der Waals surface area contributed by atoms with Crippen LogP contribution in [0.3, 0.4) is 0 Å². The molecule has 0 saturated heterocycles. The number of halogens is 1. The second-order valence-electron chi connectivity index (χ2n) is 4.28. The normalized spacial score (nSPS) is 10.4. The van der Waals surface area contributed by atoms with Gasteiger partial charge in [-0.1, -0.05) is 42.8 Å². The molecular weight excluding hydrogens is 262 g/mol. The molecule has 0 saturated carbocycles. The molecule has 1 rings (SSSR count). The number of carbonyl (C=O) groups is 1. The highest BCUT2D eigenvalue weighted by molar-refractivity contribution is 5.86. The molecule has 0 radical (unpaired) electrons. The second-order valence-corrected chi connectivity index (χ2v) is 4.28. The van der Waals surface area contributed by atoms with E-state index in [0.29, 0.717) is 5.57 Å². The quantitative estimate of drug-likeness (QED) is 0.860. The lowest BCUT2D eigenvalue weighted by Gasteiger charge is -2.17. The largest absolute Gasteiger partial charge is 0.478 e. The monoisotopic (exact) mass is 285 g/mol. The maximum atomic E-state index is 10.5. The van der Waals surface area contributed by atoms with Gasteiger partial charge in [-0.05, 0) is 20.3 Å². The summed E-state index contributed by atoms with van der Waals surface area (Å²) in [4.78, 5) is 12.4. The number of hydrogen-bond acceptors (Lipinski definition) is 2. The Morgan fingerprint density at radius 2 is 1.68 bits per heavy atom. The molecule has 1 aromatic rings. The van der Waals surface area contributed by atoms with E-state index in [1.807, 2.05) is 44.1 Å². The topological polar surface area (TPSA) is 40.5 Å². The lowest BCUT2D eigenvalue weighted by atomic mass is 10.2. The molecule has 108 valence electrons. The van der Waals surface area contributed by atoms with Crippen LogP contribution in [0.15, 0.2) is 41.6 Å². The Morgan fingerprint density at radius 1 is 1.21 bits per heavy atom. The molecular formula is C15H24ClNO2. The molecule has 0 aliphatic heterocycles. The summed E-state index contributed by atoms with van der Waals surface area (Å²) in [6, 6.07) is 10.3. The molecule has 0 aliphatic rings. The van der Waals surface area contributed by atoms with Gasteiger partial charge in [-0.2, -0.15) is 0 Å². The standard InChI is InChI=1S/C8H15NO2.C7H8.ClH/c1-5-7(9(3)4)6(2)8(10)11;1-7-5-3-2-4-6-7;/h5H2,1-4H3,(H,10,11);2-6H,1H3;1H.